The number of fused-ring (bicyclic) bond motifs is 5. The van der Waals surface area contributed by atoms with Gasteiger partial charge in [0.2, 0.25) is 0 Å². The van der Waals surface area contributed by atoms with Crippen molar-refractivity contribution in [2.24, 2.45) is 0 Å². The molecule has 57 heavy (non-hydrogen) atoms. The first-order valence-corrected chi connectivity index (χ1v) is 19.8. The largest absolute Gasteiger partial charge is 0.311 e. The van der Waals surface area contributed by atoms with Gasteiger partial charge in [0, 0.05) is 39.5 Å². The molecule has 0 aromatic heterocycles. The van der Waals surface area contributed by atoms with Crippen LogP contribution in [0.3, 0.4) is 0 Å². The molecule has 0 fully saturated rings. The third-order valence-electron chi connectivity index (χ3n) is 11.6. The Morgan fingerprint density at radius 3 is 1.23 bits per heavy atom. The Morgan fingerprint density at radius 2 is 0.737 bits per heavy atom. The highest BCUT2D eigenvalue weighted by molar-refractivity contribution is 6.07. The van der Waals surface area contributed by atoms with Gasteiger partial charge in [-0.25, -0.2) is 0 Å². The molecular weight excluding hydrogens is 689 g/mol. The first-order chi connectivity index (χ1) is 28.0. The fourth-order valence-electron chi connectivity index (χ4n) is 8.80. The molecule has 0 saturated carbocycles. The lowest BCUT2D eigenvalue weighted by Crippen LogP contribution is -2.15. The molecule has 0 spiro atoms. The van der Waals surface area contributed by atoms with Crippen molar-refractivity contribution >= 4 is 44.9 Å². The van der Waals surface area contributed by atoms with Crippen LogP contribution in [0.1, 0.15) is 25.0 Å². The Balaban J connectivity index is 1.13. The molecule has 1 aliphatic carbocycles. The number of hydrogen-bond donors (Lipinski definition) is 0. The quantitative estimate of drug-likeness (QED) is 0.154. The average Bonchev–Trinajstić information content (AvgIpc) is 3.51. The highest BCUT2D eigenvalue weighted by atomic mass is 15.1. The molecule has 1 aliphatic rings. The van der Waals surface area contributed by atoms with E-state index >= 15 is 0 Å². The Hall–Kier alpha value is -7.16. The van der Waals surface area contributed by atoms with E-state index in [9.17, 15) is 0 Å². The molecule has 0 unspecified atom stereocenters. The topological polar surface area (TPSA) is 6.48 Å². The Bertz CT molecular complexity index is 2750. The van der Waals surface area contributed by atoms with Gasteiger partial charge in [-0.1, -0.05) is 147 Å². The van der Waals surface area contributed by atoms with Gasteiger partial charge in [0.1, 0.15) is 0 Å². The lowest BCUT2D eigenvalue weighted by molar-refractivity contribution is 0.661. The molecule has 2 nitrogen and oxygen atoms in total. The molecule has 0 N–H and O–H groups in total. The predicted molar refractivity (Wildman–Crippen MR) is 242 cm³/mol. The van der Waals surface area contributed by atoms with Crippen molar-refractivity contribution in [3.8, 4) is 33.4 Å². The van der Waals surface area contributed by atoms with Crippen LogP contribution in [0.15, 0.2) is 218 Å². The number of para-hydroxylation sites is 4. The third kappa shape index (κ3) is 6.07. The lowest BCUT2D eigenvalue weighted by atomic mass is 9.80. The molecule has 0 amide bonds. The minimum atomic E-state index is -0.186. The van der Waals surface area contributed by atoms with Crippen LogP contribution in [0.4, 0.5) is 34.1 Å². The normalized spacial score (nSPS) is 12.5. The molecule has 0 saturated heterocycles. The Morgan fingerprint density at radius 1 is 0.316 bits per heavy atom. The van der Waals surface area contributed by atoms with Crippen LogP contribution in [0.5, 0.6) is 0 Å². The van der Waals surface area contributed by atoms with Gasteiger partial charge in [-0.3, -0.25) is 0 Å². The van der Waals surface area contributed by atoms with Crippen LogP contribution in [0, 0.1) is 0 Å². The van der Waals surface area contributed by atoms with Crippen LogP contribution in [-0.4, -0.2) is 0 Å². The van der Waals surface area contributed by atoms with Crippen molar-refractivity contribution in [2.45, 2.75) is 19.3 Å². The summed E-state index contributed by atoms with van der Waals surface area (Å²) in [6.45, 7) is 4.78. The fourth-order valence-corrected chi connectivity index (χ4v) is 8.80. The number of rotatable bonds is 8. The molecular formula is C55H42N2. The molecule has 272 valence electrons. The monoisotopic (exact) mass is 730 g/mol. The molecule has 0 bridgehead atoms. The molecule has 0 aliphatic heterocycles. The van der Waals surface area contributed by atoms with Gasteiger partial charge in [0.05, 0.1) is 0 Å². The number of nitrogens with zero attached hydrogens (tertiary/aromatic N) is 2. The molecule has 0 heterocycles. The summed E-state index contributed by atoms with van der Waals surface area (Å²) in [4.78, 5) is 4.64. The van der Waals surface area contributed by atoms with Crippen molar-refractivity contribution in [1.29, 1.82) is 0 Å². The van der Waals surface area contributed by atoms with E-state index < -0.39 is 0 Å². The maximum atomic E-state index is 2.45. The SMILES string of the molecule is CC1(C)c2cc(-c3ccc(N(c4ccccc4)c4ccccc4)cc3)cc(-c3ccc(N(c4ccccc4)c4ccccc4)cc3)c2-c2c1ccc1ccccc21. The smallest absolute Gasteiger partial charge is 0.0462 e. The van der Waals surface area contributed by atoms with Gasteiger partial charge in [-0.2, -0.15) is 0 Å². The fraction of sp³-hybridized carbons (Fsp3) is 0.0545. The van der Waals surface area contributed by atoms with Gasteiger partial charge in [0.25, 0.3) is 0 Å². The van der Waals surface area contributed by atoms with E-state index in [-0.39, 0.29) is 5.41 Å². The van der Waals surface area contributed by atoms with E-state index in [0.29, 0.717) is 0 Å². The molecule has 9 aromatic rings. The summed E-state index contributed by atoms with van der Waals surface area (Å²) in [6.07, 6.45) is 0. The second-order valence-electron chi connectivity index (χ2n) is 15.4. The van der Waals surface area contributed by atoms with Gasteiger partial charge in [-0.15, -0.1) is 0 Å². The lowest BCUT2D eigenvalue weighted by Gasteiger charge is -2.26. The van der Waals surface area contributed by atoms with E-state index in [1.54, 1.807) is 0 Å². The van der Waals surface area contributed by atoms with Crippen LogP contribution in [0.2, 0.25) is 0 Å². The van der Waals surface area contributed by atoms with E-state index in [1.807, 2.05) is 0 Å². The van der Waals surface area contributed by atoms with Crippen LogP contribution in [0.25, 0.3) is 44.2 Å². The van der Waals surface area contributed by atoms with Gasteiger partial charge < -0.3 is 9.80 Å². The van der Waals surface area contributed by atoms with Crippen molar-refractivity contribution in [1.82, 2.24) is 0 Å². The summed E-state index contributed by atoms with van der Waals surface area (Å²) in [5.74, 6) is 0. The van der Waals surface area contributed by atoms with Gasteiger partial charge in [-0.05, 0) is 140 Å². The van der Waals surface area contributed by atoms with Crippen LogP contribution >= 0.6 is 0 Å². The van der Waals surface area contributed by atoms with E-state index in [4.69, 9.17) is 0 Å². The maximum Gasteiger partial charge on any atom is 0.0462 e. The highest BCUT2D eigenvalue weighted by Crippen LogP contribution is 2.56. The maximum absolute atomic E-state index is 2.45. The zero-order valence-electron chi connectivity index (χ0n) is 32.2. The number of benzene rings is 9. The van der Waals surface area contributed by atoms with Crippen LogP contribution in [-0.2, 0) is 5.41 Å². The van der Waals surface area contributed by atoms with Crippen molar-refractivity contribution in [3.05, 3.63) is 230 Å². The standard InChI is InChI=1S/C55H42N2/c1-55(2)51-36-31-40-17-15-16-26-49(40)53(51)54-50(41-29-34-48(35-30-41)57(45-22-11-5-12-23-45)46-24-13-6-14-25-46)37-42(38-52(54)55)39-27-32-47(33-28-39)56(43-18-7-3-8-19-43)44-20-9-4-10-21-44/h3-38H,1-2H3. The molecule has 2 heteroatoms. The van der Waals surface area contributed by atoms with Crippen molar-refractivity contribution < 1.29 is 0 Å². The Labute approximate surface area is 335 Å². The zero-order valence-corrected chi connectivity index (χ0v) is 32.2. The first kappa shape index (κ1) is 34.3. The van der Waals surface area contributed by atoms with E-state index in [2.05, 4.69) is 242 Å². The number of anilines is 6. The van der Waals surface area contributed by atoms with Gasteiger partial charge >= 0.3 is 0 Å². The minimum absolute atomic E-state index is 0.186. The minimum Gasteiger partial charge on any atom is -0.311 e. The van der Waals surface area contributed by atoms with E-state index in [0.717, 1.165) is 34.1 Å². The average molecular weight is 731 g/mol. The van der Waals surface area contributed by atoms with Crippen LogP contribution < -0.4 is 9.80 Å². The molecule has 0 atom stereocenters. The summed E-state index contributed by atoms with van der Waals surface area (Å²) in [6, 6.07) is 79.1. The number of hydrogen-bond acceptors (Lipinski definition) is 2. The second kappa shape index (κ2) is 14.2. The highest BCUT2D eigenvalue weighted by Gasteiger charge is 2.38. The zero-order chi connectivity index (χ0) is 38.3. The summed E-state index contributed by atoms with van der Waals surface area (Å²) in [5, 5.41) is 2.57. The summed E-state index contributed by atoms with van der Waals surface area (Å²) in [7, 11) is 0. The van der Waals surface area contributed by atoms with Crippen molar-refractivity contribution in [2.75, 3.05) is 9.80 Å². The van der Waals surface area contributed by atoms with E-state index in [1.165, 1.54) is 55.3 Å². The molecule has 9 aromatic carbocycles. The van der Waals surface area contributed by atoms with Crippen molar-refractivity contribution in [3.63, 3.8) is 0 Å². The predicted octanol–water partition coefficient (Wildman–Crippen LogP) is 15.4. The summed E-state index contributed by atoms with van der Waals surface area (Å²) in [5.41, 5.74) is 16.8. The summed E-state index contributed by atoms with van der Waals surface area (Å²) < 4.78 is 0. The summed E-state index contributed by atoms with van der Waals surface area (Å²) >= 11 is 0. The van der Waals surface area contributed by atoms with Gasteiger partial charge in [0.15, 0.2) is 0 Å². The molecule has 10 rings (SSSR count). The Kier molecular flexibility index (Phi) is 8.53. The third-order valence-corrected chi connectivity index (χ3v) is 11.6. The first-order valence-electron chi connectivity index (χ1n) is 19.8. The molecule has 0 radical (unpaired) electrons. The second-order valence-corrected chi connectivity index (χ2v) is 15.4.